The summed E-state index contributed by atoms with van der Waals surface area (Å²) in [4.78, 5) is 0. The molecule has 0 amide bonds. The van der Waals surface area contributed by atoms with Crippen molar-refractivity contribution in [3.8, 4) is 0 Å². The Kier molecular flexibility index (Phi) is 6.60. The number of unbranched alkanes of at least 4 members (excludes halogenated alkanes) is 2. The van der Waals surface area contributed by atoms with Gasteiger partial charge in [-0.15, -0.1) is 0 Å². The minimum absolute atomic E-state index is 0.154. The van der Waals surface area contributed by atoms with E-state index < -0.39 is 9.84 Å². The molecule has 1 fully saturated rings. The molecule has 0 aromatic carbocycles. The van der Waals surface area contributed by atoms with E-state index in [0.717, 1.165) is 32.1 Å². The highest BCUT2D eigenvalue weighted by atomic mass is 32.2. The summed E-state index contributed by atoms with van der Waals surface area (Å²) < 4.78 is 23.3. The molecule has 18 heavy (non-hydrogen) atoms. The van der Waals surface area contributed by atoms with Crippen LogP contribution in [0.5, 0.6) is 0 Å². The SMILES string of the molecule is CCCCCC(NN)C1CCCC(S(C)(=O)=O)C1. The average Bonchev–Trinajstić information content (AvgIpc) is 2.34. The van der Waals surface area contributed by atoms with Crippen LogP contribution in [-0.4, -0.2) is 26.0 Å². The molecule has 5 heteroatoms. The standard InChI is InChI=1S/C13H28N2O2S/c1-3-4-5-9-13(15-14)11-7-6-8-12(10-11)18(2,16)17/h11-13,15H,3-10,14H2,1-2H3. The normalized spacial score (nSPS) is 27.1. The molecule has 1 saturated carbocycles. The van der Waals surface area contributed by atoms with Gasteiger partial charge < -0.3 is 0 Å². The van der Waals surface area contributed by atoms with Crippen molar-refractivity contribution in [2.75, 3.05) is 6.26 Å². The maximum Gasteiger partial charge on any atom is 0.150 e. The highest BCUT2D eigenvalue weighted by Gasteiger charge is 2.32. The van der Waals surface area contributed by atoms with Gasteiger partial charge in [-0.1, -0.05) is 32.6 Å². The number of rotatable bonds is 7. The molecule has 3 atom stereocenters. The summed E-state index contributed by atoms with van der Waals surface area (Å²) in [6.45, 7) is 2.19. The molecule has 0 aliphatic heterocycles. The van der Waals surface area contributed by atoms with Crippen LogP contribution in [0.1, 0.15) is 58.3 Å². The molecule has 1 aliphatic rings. The predicted molar refractivity (Wildman–Crippen MR) is 75.8 cm³/mol. The highest BCUT2D eigenvalue weighted by Crippen LogP contribution is 2.31. The van der Waals surface area contributed by atoms with Gasteiger partial charge in [0.15, 0.2) is 0 Å². The van der Waals surface area contributed by atoms with Gasteiger partial charge in [-0.05, 0) is 31.6 Å². The highest BCUT2D eigenvalue weighted by molar-refractivity contribution is 7.91. The Morgan fingerprint density at radius 1 is 1.33 bits per heavy atom. The van der Waals surface area contributed by atoms with Crippen LogP contribution in [0.2, 0.25) is 0 Å². The van der Waals surface area contributed by atoms with Gasteiger partial charge in [0.25, 0.3) is 0 Å². The van der Waals surface area contributed by atoms with Gasteiger partial charge in [0.05, 0.1) is 5.25 Å². The first-order chi connectivity index (χ1) is 8.49. The maximum atomic E-state index is 11.7. The van der Waals surface area contributed by atoms with Crippen LogP contribution in [0, 0.1) is 5.92 Å². The smallest absolute Gasteiger partial charge is 0.150 e. The molecule has 1 aliphatic carbocycles. The van der Waals surface area contributed by atoms with Crippen LogP contribution >= 0.6 is 0 Å². The number of hydrogen-bond acceptors (Lipinski definition) is 4. The molecule has 3 unspecified atom stereocenters. The first-order valence-electron chi connectivity index (χ1n) is 7.14. The van der Waals surface area contributed by atoms with Crippen LogP contribution < -0.4 is 11.3 Å². The van der Waals surface area contributed by atoms with Crippen LogP contribution in [-0.2, 0) is 9.84 Å². The number of hydrazine groups is 1. The molecule has 0 heterocycles. The molecule has 0 radical (unpaired) electrons. The van der Waals surface area contributed by atoms with Gasteiger partial charge >= 0.3 is 0 Å². The minimum Gasteiger partial charge on any atom is -0.271 e. The van der Waals surface area contributed by atoms with E-state index in [0.29, 0.717) is 5.92 Å². The van der Waals surface area contributed by atoms with Gasteiger partial charge in [-0.2, -0.15) is 0 Å². The summed E-state index contributed by atoms with van der Waals surface area (Å²) in [6.07, 6.45) is 9.73. The van der Waals surface area contributed by atoms with Crippen LogP contribution in [0.3, 0.4) is 0 Å². The number of sulfone groups is 1. The maximum absolute atomic E-state index is 11.7. The largest absolute Gasteiger partial charge is 0.271 e. The molecule has 0 saturated heterocycles. The Balaban J connectivity index is 2.52. The van der Waals surface area contributed by atoms with Crippen molar-refractivity contribution in [3.05, 3.63) is 0 Å². The topological polar surface area (TPSA) is 72.2 Å². The third-order valence-electron chi connectivity index (χ3n) is 4.17. The van der Waals surface area contributed by atoms with E-state index >= 15 is 0 Å². The summed E-state index contributed by atoms with van der Waals surface area (Å²) in [7, 11) is -2.89. The Morgan fingerprint density at radius 3 is 2.61 bits per heavy atom. The Morgan fingerprint density at radius 2 is 2.06 bits per heavy atom. The molecule has 1 rings (SSSR count). The molecule has 0 bridgehead atoms. The fraction of sp³-hybridized carbons (Fsp3) is 1.00. The lowest BCUT2D eigenvalue weighted by Crippen LogP contribution is -2.44. The first kappa shape index (κ1) is 15.9. The third kappa shape index (κ3) is 4.86. The van der Waals surface area contributed by atoms with E-state index in [4.69, 9.17) is 5.84 Å². The van der Waals surface area contributed by atoms with Gasteiger partial charge in [-0.3, -0.25) is 11.3 Å². The molecule has 3 N–H and O–H groups in total. The predicted octanol–water partition coefficient (Wildman–Crippen LogP) is 2.00. The van der Waals surface area contributed by atoms with Crippen molar-refractivity contribution < 1.29 is 8.42 Å². The summed E-state index contributed by atoms with van der Waals surface area (Å²) in [5.74, 6) is 6.06. The monoisotopic (exact) mass is 276 g/mol. The fourth-order valence-corrected chi connectivity index (χ4v) is 4.20. The van der Waals surface area contributed by atoms with Crippen LogP contribution in [0.25, 0.3) is 0 Å². The van der Waals surface area contributed by atoms with E-state index in [1.165, 1.54) is 25.5 Å². The zero-order chi connectivity index (χ0) is 13.6. The third-order valence-corrected chi connectivity index (χ3v) is 5.81. The van der Waals surface area contributed by atoms with E-state index in [1.807, 2.05) is 0 Å². The van der Waals surface area contributed by atoms with Crippen molar-refractivity contribution in [3.63, 3.8) is 0 Å². The van der Waals surface area contributed by atoms with Crippen LogP contribution in [0.4, 0.5) is 0 Å². The van der Waals surface area contributed by atoms with Crippen molar-refractivity contribution in [1.82, 2.24) is 5.43 Å². The number of nitrogens with one attached hydrogen (secondary N) is 1. The minimum atomic E-state index is -2.89. The second-order valence-corrected chi connectivity index (χ2v) is 7.97. The Hall–Kier alpha value is -0.130. The molecule has 0 spiro atoms. The lowest BCUT2D eigenvalue weighted by atomic mass is 9.82. The quantitative estimate of drug-likeness (QED) is 0.424. The lowest BCUT2D eigenvalue weighted by molar-refractivity contribution is 0.256. The zero-order valence-corrected chi connectivity index (χ0v) is 12.5. The Bertz CT molecular complexity index is 330. The van der Waals surface area contributed by atoms with Gasteiger partial charge in [0.2, 0.25) is 0 Å². The van der Waals surface area contributed by atoms with Crippen LogP contribution in [0.15, 0.2) is 0 Å². The average molecular weight is 276 g/mol. The zero-order valence-electron chi connectivity index (χ0n) is 11.7. The van der Waals surface area contributed by atoms with Gasteiger partial charge in [-0.25, -0.2) is 8.42 Å². The summed E-state index contributed by atoms with van der Waals surface area (Å²) in [5.41, 5.74) is 2.91. The second-order valence-electron chi connectivity index (χ2n) is 5.65. The van der Waals surface area contributed by atoms with E-state index in [9.17, 15) is 8.42 Å². The van der Waals surface area contributed by atoms with Gasteiger partial charge in [0.1, 0.15) is 9.84 Å². The van der Waals surface area contributed by atoms with E-state index in [2.05, 4.69) is 12.3 Å². The van der Waals surface area contributed by atoms with Crippen molar-refractivity contribution in [2.24, 2.45) is 11.8 Å². The molecular formula is C13H28N2O2S. The molecule has 108 valence electrons. The molecule has 0 aromatic rings. The fourth-order valence-electron chi connectivity index (χ4n) is 3.00. The summed E-state index contributed by atoms with van der Waals surface area (Å²) in [5, 5.41) is -0.154. The Labute approximate surface area is 112 Å². The molecular weight excluding hydrogens is 248 g/mol. The summed E-state index contributed by atoms with van der Waals surface area (Å²) in [6, 6.07) is 0.279. The second kappa shape index (κ2) is 7.46. The van der Waals surface area contributed by atoms with Crippen molar-refractivity contribution in [1.29, 1.82) is 0 Å². The molecule has 0 aromatic heterocycles. The van der Waals surface area contributed by atoms with Gasteiger partial charge in [0, 0.05) is 12.3 Å². The van der Waals surface area contributed by atoms with Crippen molar-refractivity contribution in [2.45, 2.75) is 69.6 Å². The first-order valence-corrected chi connectivity index (χ1v) is 9.09. The van der Waals surface area contributed by atoms with E-state index in [1.54, 1.807) is 0 Å². The van der Waals surface area contributed by atoms with Crippen molar-refractivity contribution >= 4 is 9.84 Å². The summed E-state index contributed by atoms with van der Waals surface area (Å²) >= 11 is 0. The number of hydrogen-bond donors (Lipinski definition) is 2. The molecule has 4 nitrogen and oxygen atoms in total. The van der Waals surface area contributed by atoms with E-state index in [-0.39, 0.29) is 11.3 Å². The lowest BCUT2D eigenvalue weighted by Gasteiger charge is -2.33. The number of nitrogens with two attached hydrogens (primary N) is 1.